The van der Waals surface area contributed by atoms with Gasteiger partial charge in [-0.1, -0.05) is 18.2 Å². The van der Waals surface area contributed by atoms with Crippen LogP contribution in [0.5, 0.6) is 0 Å². The van der Waals surface area contributed by atoms with E-state index < -0.39 is 11.2 Å². The number of rotatable bonds is 2. The molecule has 0 fully saturated rings. The summed E-state index contributed by atoms with van der Waals surface area (Å²) in [5, 5.41) is 20.9. The normalized spacial score (nSPS) is 19.0. The molecule has 0 saturated carbocycles. The van der Waals surface area contributed by atoms with Gasteiger partial charge < -0.3 is 10.0 Å². The van der Waals surface area contributed by atoms with Crippen LogP contribution in [0.1, 0.15) is 24.3 Å². The lowest BCUT2D eigenvalue weighted by atomic mass is 10.00. The largest absolute Gasteiger partial charge is 0.369 e. The summed E-state index contributed by atoms with van der Waals surface area (Å²) in [5.41, 5.74) is 1.10. The number of aliphatic hydroxyl groups is 1. The van der Waals surface area contributed by atoms with E-state index in [1.54, 1.807) is 29.2 Å². The highest BCUT2D eigenvalue weighted by Crippen LogP contribution is 2.32. The second-order valence-corrected chi connectivity index (χ2v) is 3.56. The van der Waals surface area contributed by atoms with E-state index >= 15 is 0 Å². The summed E-state index contributed by atoms with van der Waals surface area (Å²) in [6.45, 7) is 2.36. The molecular formula is C11H12N2O3. The monoisotopic (exact) mass is 220 g/mol. The molecule has 0 spiro atoms. The van der Waals surface area contributed by atoms with E-state index in [0.29, 0.717) is 17.7 Å². The molecular weight excluding hydrogens is 208 g/mol. The zero-order valence-electron chi connectivity index (χ0n) is 8.83. The Morgan fingerprint density at radius 1 is 1.50 bits per heavy atom. The van der Waals surface area contributed by atoms with E-state index in [-0.39, 0.29) is 5.70 Å². The lowest BCUT2D eigenvalue weighted by Crippen LogP contribution is -2.28. The lowest BCUT2D eigenvalue weighted by molar-refractivity contribution is -0.377. The molecule has 0 aliphatic carbocycles. The Kier molecular flexibility index (Phi) is 2.62. The Labute approximate surface area is 92.8 Å². The summed E-state index contributed by atoms with van der Waals surface area (Å²) in [7, 11) is 0. The molecule has 1 aliphatic rings. The van der Waals surface area contributed by atoms with E-state index in [2.05, 4.69) is 0 Å². The summed E-state index contributed by atoms with van der Waals surface area (Å²) in [4.78, 5) is 12.0. The molecule has 1 atom stereocenters. The Hall–Kier alpha value is -1.88. The molecule has 84 valence electrons. The summed E-state index contributed by atoms with van der Waals surface area (Å²) < 4.78 is 0. The Morgan fingerprint density at radius 3 is 2.81 bits per heavy atom. The standard InChI is InChI=1S/C11H12N2O3/c1-2-12-7-10(13(15)16)8-5-3-4-6-9(8)11(12)14/h3-7,11,14H,2H2,1H3. The molecule has 1 aromatic carbocycles. The first-order valence-electron chi connectivity index (χ1n) is 5.04. The first-order chi connectivity index (χ1) is 7.65. The number of benzene rings is 1. The van der Waals surface area contributed by atoms with Crippen molar-refractivity contribution in [2.45, 2.75) is 13.2 Å². The maximum atomic E-state index is 10.9. The van der Waals surface area contributed by atoms with E-state index in [9.17, 15) is 15.2 Å². The molecule has 2 rings (SSSR count). The second-order valence-electron chi connectivity index (χ2n) is 3.56. The van der Waals surface area contributed by atoms with Gasteiger partial charge in [0.25, 0.3) is 5.70 Å². The fraction of sp³-hybridized carbons (Fsp3) is 0.273. The van der Waals surface area contributed by atoms with Crippen LogP contribution in [0.15, 0.2) is 30.5 Å². The van der Waals surface area contributed by atoms with Gasteiger partial charge in [0.1, 0.15) is 0 Å². The van der Waals surface area contributed by atoms with Crippen molar-refractivity contribution < 1.29 is 10.0 Å². The zero-order chi connectivity index (χ0) is 11.7. The van der Waals surface area contributed by atoms with Crippen LogP contribution in [0.25, 0.3) is 5.70 Å². The first-order valence-corrected chi connectivity index (χ1v) is 5.04. The minimum absolute atomic E-state index is 0.0303. The fourth-order valence-electron chi connectivity index (χ4n) is 1.84. The van der Waals surface area contributed by atoms with E-state index in [0.717, 1.165) is 0 Å². The minimum atomic E-state index is -0.801. The SMILES string of the molecule is CCN1C=C([N+](=O)[O-])c2ccccc2C1O. The molecule has 1 aliphatic heterocycles. The van der Waals surface area contributed by atoms with Crippen LogP contribution in [0.2, 0.25) is 0 Å². The Morgan fingerprint density at radius 2 is 2.19 bits per heavy atom. The van der Waals surface area contributed by atoms with Crippen molar-refractivity contribution >= 4 is 5.70 Å². The molecule has 0 aromatic heterocycles. The van der Waals surface area contributed by atoms with Gasteiger partial charge in [0.05, 0.1) is 16.7 Å². The first kappa shape index (κ1) is 10.6. The van der Waals surface area contributed by atoms with Crippen molar-refractivity contribution in [2.75, 3.05) is 6.54 Å². The number of fused-ring (bicyclic) bond motifs is 1. The molecule has 1 unspecified atom stereocenters. The summed E-state index contributed by atoms with van der Waals surface area (Å²) in [6.07, 6.45) is 0.595. The van der Waals surface area contributed by atoms with E-state index in [1.165, 1.54) is 6.20 Å². The number of aliphatic hydroxyl groups excluding tert-OH is 1. The van der Waals surface area contributed by atoms with Crippen molar-refractivity contribution in [3.63, 3.8) is 0 Å². The third-order valence-corrected chi connectivity index (χ3v) is 2.68. The fourth-order valence-corrected chi connectivity index (χ4v) is 1.84. The van der Waals surface area contributed by atoms with Crippen LogP contribution in [0, 0.1) is 10.1 Å². The molecule has 0 amide bonds. The van der Waals surface area contributed by atoms with Crippen molar-refractivity contribution in [3.8, 4) is 0 Å². The highest BCUT2D eigenvalue weighted by molar-refractivity contribution is 5.64. The average molecular weight is 220 g/mol. The molecule has 16 heavy (non-hydrogen) atoms. The van der Waals surface area contributed by atoms with Gasteiger partial charge in [-0.3, -0.25) is 10.1 Å². The predicted octanol–water partition coefficient (Wildman–Crippen LogP) is 1.59. The molecule has 1 N–H and O–H groups in total. The van der Waals surface area contributed by atoms with Crippen LogP contribution in [0.4, 0.5) is 0 Å². The van der Waals surface area contributed by atoms with Crippen molar-refractivity contribution in [2.24, 2.45) is 0 Å². The van der Waals surface area contributed by atoms with Gasteiger partial charge in [-0.05, 0) is 13.0 Å². The summed E-state index contributed by atoms with van der Waals surface area (Å²) >= 11 is 0. The van der Waals surface area contributed by atoms with Crippen molar-refractivity contribution in [1.29, 1.82) is 0 Å². The van der Waals surface area contributed by atoms with E-state index in [1.807, 2.05) is 6.92 Å². The summed E-state index contributed by atoms with van der Waals surface area (Å²) in [6, 6.07) is 6.85. The molecule has 1 aromatic rings. The van der Waals surface area contributed by atoms with Crippen molar-refractivity contribution in [1.82, 2.24) is 4.90 Å². The predicted molar refractivity (Wildman–Crippen MR) is 58.8 cm³/mol. The number of nitrogens with zero attached hydrogens (tertiary/aromatic N) is 2. The van der Waals surface area contributed by atoms with Gasteiger partial charge in [0.15, 0.2) is 6.23 Å². The molecule has 0 bridgehead atoms. The van der Waals surface area contributed by atoms with Gasteiger partial charge >= 0.3 is 0 Å². The van der Waals surface area contributed by atoms with Gasteiger partial charge in [0, 0.05) is 12.1 Å². The Balaban J connectivity index is 2.57. The molecule has 0 saturated heterocycles. The quantitative estimate of drug-likeness (QED) is 0.607. The smallest absolute Gasteiger partial charge is 0.292 e. The third-order valence-electron chi connectivity index (χ3n) is 2.68. The number of nitro groups is 1. The van der Waals surface area contributed by atoms with Crippen molar-refractivity contribution in [3.05, 3.63) is 51.7 Å². The Bertz CT molecular complexity index is 456. The number of hydrogen-bond acceptors (Lipinski definition) is 4. The van der Waals surface area contributed by atoms with Crippen LogP contribution in [0.3, 0.4) is 0 Å². The average Bonchev–Trinajstić information content (AvgIpc) is 2.29. The number of hydrogen-bond donors (Lipinski definition) is 1. The third kappa shape index (κ3) is 1.55. The minimum Gasteiger partial charge on any atom is -0.369 e. The lowest BCUT2D eigenvalue weighted by Gasteiger charge is -2.29. The topological polar surface area (TPSA) is 66.6 Å². The molecule has 5 heteroatoms. The van der Waals surface area contributed by atoms with Gasteiger partial charge in [-0.2, -0.15) is 0 Å². The molecule has 1 heterocycles. The zero-order valence-corrected chi connectivity index (χ0v) is 8.83. The summed E-state index contributed by atoms with van der Waals surface area (Å²) in [5.74, 6) is 0. The van der Waals surface area contributed by atoms with Gasteiger partial charge in [-0.15, -0.1) is 0 Å². The van der Waals surface area contributed by atoms with E-state index in [4.69, 9.17) is 0 Å². The van der Waals surface area contributed by atoms with Crippen LogP contribution in [-0.2, 0) is 0 Å². The maximum Gasteiger partial charge on any atom is 0.292 e. The molecule has 5 nitrogen and oxygen atoms in total. The molecule has 0 radical (unpaired) electrons. The van der Waals surface area contributed by atoms with Gasteiger partial charge in [0.2, 0.25) is 0 Å². The van der Waals surface area contributed by atoms with Gasteiger partial charge in [-0.25, -0.2) is 0 Å². The highest BCUT2D eigenvalue weighted by Gasteiger charge is 2.30. The second kappa shape index (κ2) is 3.94. The van der Waals surface area contributed by atoms with Crippen LogP contribution >= 0.6 is 0 Å². The highest BCUT2D eigenvalue weighted by atomic mass is 16.6. The van der Waals surface area contributed by atoms with Crippen LogP contribution in [-0.4, -0.2) is 21.5 Å². The van der Waals surface area contributed by atoms with Crippen LogP contribution < -0.4 is 0 Å². The maximum absolute atomic E-state index is 10.9.